The number of esters is 1. The highest BCUT2D eigenvalue weighted by molar-refractivity contribution is 7.14. The molecule has 3 rings (SSSR count). The third kappa shape index (κ3) is 5.89. The van der Waals surface area contributed by atoms with E-state index in [1.807, 2.05) is 12.1 Å². The van der Waals surface area contributed by atoms with Crippen LogP contribution in [0.5, 0.6) is 17.2 Å². The summed E-state index contributed by atoms with van der Waals surface area (Å²) in [5.41, 5.74) is 1.82. The molecule has 3 aromatic rings. The summed E-state index contributed by atoms with van der Waals surface area (Å²) in [6, 6.07) is 12.5. The van der Waals surface area contributed by atoms with Crippen LogP contribution in [-0.2, 0) is 20.9 Å². The molecule has 9 heteroatoms. The van der Waals surface area contributed by atoms with Gasteiger partial charge in [0, 0.05) is 30.0 Å². The number of ether oxygens (including phenoxy) is 4. The largest absolute Gasteiger partial charge is 0.497 e. The van der Waals surface area contributed by atoms with Gasteiger partial charge in [0.25, 0.3) is 0 Å². The van der Waals surface area contributed by atoms with Gasteiger partial charge in [0.1, 0.15) is 23.9 Å². The number of amides is 1. The van der Waals surface area contributed by atoms with Gasteiger partial charge in [-0.2, -0.15) is 0 Å². The van der Waals surface area contributed by atoms with E-state index in [9.17, 15) is 9.59 Å². The van der Waals surface area contributed by atoms with Crippen LogP contribution in [0.4, 0.5) is 10.8 Å². The first-order valence-electron chi connectivity index (χ1n) is 9.91. The molecule has 0 radical (unpaired) electrons. The standard InChI is InChI=1S/C24H24N2O6S/c1-16(27)26(20-7-5-6-8-21(20)30-3)24-25-18(15-33-24)14-32-23(28)12-10-17-9-11-19(29-2)13-22(17)31-4/h5-13,15H,14H2,1-4H3/b12-10+. The highest BCUT2D eigenvalue weighted by Crippen LogP contribution is 2.35. The minimum absolute atomic E-state index is 0.0307. The Labute approximate surface area is 196 Å². The van der Waals surface area contributed by atoms with Crippen molar-refractivity contribution in [3.63, 3.8) is 0 Å². The van der Waals surface area contributed by atoms with E-state index in [4.69, 9.17) is 18.9 Å². The zero-order valence-corrected chi connectivity index (χ0v) is 19.5. The first-order valence-corrected chi connectivity index (χ1v) is 10.8. The average Bonchev–Trinajstić information content (AvgIpc) is 3.29. The molecule has 0 bridgehead atoms. The van der Waals surface area contributed by atoms with Crippen molar-refractivity contribution in [3.05, 3.63) is 65.2 Å². The van der Waals surface area contributed by atoms with Gasteiger partial charge in [0.2, 0.25) is 5.91 Å². The number of methoxy groups -OCH3 is 3. The molecule has 0 unspecified atom stereocenters. The van der Waals surface area contributed by atoms with E-state index < -0.39 is 5.97 Å². The predicted molar refractivity (Wildman–Crippen MR) is 126 cm³/mol. The number of hydrogen-bond acceptors (Lipinski definition) is 8. The Morgan fingerprint density at radius 1 is 1.03 bits per heavy atom. The topological polar surface area (TPSA) is 87.2 Å². The minimum Gasteiger partial charge on any atom is -0.497 e. The lowest BCUT2D eigenvalue weighted by atomic mass is 10.2. The fourth-order valence-electron chi connectivity index (χ4n) is 2.99. The molecule has 172 valence electrons. The molecule has 33 heavy (non-hydrogen) atoms. The van der Waals surface area contributed by atoms with Gasteiger partial charge in [0.15, 0.2) is 5.13 Å². The van der Waals surface area contributed by atoms with E-state index in [2.05, 4.69) is 4.98 Å². The lowest BCUT2D eigenvalue weighted by molar-refractivity contribution is -0.139. The highest BCUT2D eigenvalue weighted by atomic mass is 32.1. The molecule has 1 heterocycles. The molecule has 0 aliphatic heterocycles. The number of para-hydroxylation sites is 2. The van der Waals surface area contributed by atoms with E-state index >= 15 is 0 Å². The van der Waals surface area contributed by atoms with Crippen molar-refractivity contribution in [2.45, 2.75) is 13.5 Å². The second kappa shape index (κ2) is 11.1. The molecular formula is C24H24N2O6S. The molecular weight excluding hydrogens is 444 g/mol. The molecule has 0 saturated carbocycles. The lowest BCUT2D eigenvalue weighted by Gasteiger charge is -2.20. The third-order valence-electron chi connectivity index (χ3n) is 4.57. The van der Waals surface area contributed by atoms with Gasteiger partial charge in [-0.15, -0.1) is 11.3 Å². The predicted octanol–water partition coefficient (Wildman–Crippen LogP) is 4.61. The van der Waals surface area contributed by atoms with Gasteiger partial charge in [-0.05, 0) is 30.3 Å². The van der Waals surface area contributed by atoms with Gasteiger partial charge in [-0.1, -0.05) is 12.1 Å². The third-order valence-corrected chi connectivity index (χ3v) is 5.45. The molecule has 0 saturated heterocycles. The van der Waals surface area contributed by atoms with Crippen molar-refractivity contribution < 1.29 is 28.5 Å². The monoisotopic (exact) mass is 468 g/mol. The van der Waals surface area contributed by atoms with Crippen LogP contribution in [0.1, 0.15) is 18.2 Å². The van der Waals surface area contributed by atoms with Crippen molar-refractivity contribution >= 4 is 40.1 Å². The van der Waals surface area contributed by atoms with Crippen molar-refractivity contribution in [2.75, 3.05) is 26.2 Å². The van der Waals surface area contributed by atoms with Crippen LogP contribution in [0.15, 0.2) is 53.9 Å². The van der Waals surface area contributed by atoms with Crippen LogP contribution in [-0.4, -0.2) is 38.2 Å². The summed E-state index contributed by atoms with van der Waals surface area (Å²) >= 11 is 1.27. The van der Waals surface area contributed by atoms with E-state index in [0.717, 1.165) is 0 Å². The normalized spacial score (nSPS) is 10.7. The maximum absolute atomic E-state index is 12.3. The number of carbonyl (C=O) groups is 2. The molecule has 0 spiro atoms. The number of nitrogens with zero attached hydrogens (tertiary/aromatic N) is 2. The van der Waals surface area contributed by atoms with Crippen LogP contribution in [0.2, 0.25) is 0 Å². The number of thiazole rings is 1. The summed E-state index contributed by atoms with van der Waals surface area (Å²) in [6.07, 6.45) is 2.92. The van der Waals surface area contributed by atoms with Crippen molar-refractivity contribution in [1.29, 1.82) is 0 Å². The molecule has 0 aliphatic carbocycles. The average molecular weight is 469 g/mol. The molecule has 2 aromatic carbocycles. The molecule has 0 N–H and O–H groups in total. The van der Waals surface area contributed by atoms with E-state index in [-0.39, 0.29) is 12.5 Å². The molecule has 1 aromatic heterocycles. The summed E-state index contributed by atoms with van der Waals surface area (Å²) < 4.78 is 21.1. The molecule has 1 amide bonds. The fraction of sp³-hybridized carbons (Fsp3) is 0.208. The minimum atomic E-state index is -0.532. The van der Waals surface area contributed by atoms with Crippen LogP contribution < -0.4 is 19.1 Å². The van der Waals surface area contributed by atoms with Gasteiger partial charge in [0.05, 0.1) is 32.7 Å². The number of carbonyl (C=O) groups excluding carboxylic acids is 2. The lowest BCUT2D eigenvalue weighted by Crippen LogP contribution is -2.23. The first-order chi connectivity index (χ1) is 16.0. The Balaban J connectivity index is 1.67. The van der Waals surface area contributed by atoms with E-state index in [1.165, 1.54) is 29.2 Å². The second-order valence-electron chi connectivity index (χ2n) is 6.70. The maximum atomic E-state index is 12.3. The Hall–Kier alpha value is -3.85. The molecule has 0 atom stereocenters. The quantitative estimate of drug-likeness (QED) is 0.335. The summed E-state index contributed by atoms with van der Waals surface area (Å²) in [4.78, 5) is 30.4. The van der Waals surface area contributed by atoms with Crippen LogP contribution in [0.3, 0.4) is 0 Å². The smallest absolute Gasteiger partial charge is 0.331 e. The molecule has 0 aliphatic rings. The summed E-state index contributed by atoms with van der Waals surface area (Å²) in [5, 5.41) is 2.20. The Morgan fingerprint density at radius 2 is 1.79 bits per heavy atom. The van der Waals surface area contributed by atoms with E-state index in [1.54, 1.807) is 63.1 Å². The van der Waals surface area contributed by atoms with Gasteiger partial charge < -0.3 is 18.9 Å². The van der Waals surface area contributed by atoms with Crippen LogP contribution in [0, 0.1) is 0 Å². The van der Waals surface area contributed by atoms with Gasteiger partial charge >= 0.3 is 5.97 Å². The zero-order valence-electron chi connectivity index (χ0n) is 18.7. The van der Waals surface area contributed by atoms with Crippen LogP contribution >= 0.6 is 11.3 Å². The molecule has 0 fully saturated rings. The number of rotatable bonds is 9. The second-order valence-corrected chi connectivity index (χ2v) is 7.53. The number of aromatic nitrogens is 1. The van der Waals surface area contributed by atoms with Crippen molar-refractivity contribution in [3.8, 4) is 17.2 Å². The fourth-order valence-corrected chi connectivity index (χ4v) is 3.86. The van der Waals surface area contributed by atoms with Crippen molar-refractivity contribution in [1.82, 2.24) is 4.98 Å². The summed E-state index contributed by atoms with van der Waals surface area (Å²) in [7, 11) is 4.65. The molecule has 8 nitrogen and oxygen atoms in total. The summed E-state index contributed by atoms with van der Waals surface area (Å²) in [5.74, 6) is 1.03. The van der Waals surface area contributed by atoms with Gasteiger partial charge in [-0.25, -0.2) is 9.78 Å². The maximum Gasteiger partial charge on any atom is 0.331 e. The summed E-state index contributed by atoms with van der Waals surface area (Å²) in [6.45, 7) is 1.42. The van der Waals surface area contributed by atoms with E-state index in [0.29, 0.717) is 39.3 Å². The zero-order chi connectivity index (χ0) is 23.8. The number of hydrogen-bond donors (Lipinski definition) is 0. The number of anilines is 2. The van der Waals surface area contributed by atoms with Gasteiger partial charge in [-0.3, -0.25) is 9.69 Å². The Kier molecular flexibility index (Phi) is 8.04. The first kappa shape index (κ1) is 23.8. The highest BCUT2D eigenvalue weighted by Gasteiger charge is 2.21. The number of benzene rings is 2. The van der Waals surface area contributed by atoms with Crippen LogP contribution in [0.25, 0.3) is 6.08 Å². The Bertz CT molecular complexity index is 1160. The Morgan fingerprint density at radius 3 is 2.48 bits per heavy atom. The SMILES string of the molecule is COc1ccc(/C=C/C(=O)OCc2csc(N(C(C)=O)c3ccccc3OC)n2)c(OC)c1. The van der Waals surface area contributed by atoms with Crippen molar-refractivity contribution in [2.24, 2.45) is 0 Å².